The summed E-state index contributed by atoms with van der Waals surface area (Å²) in [4.78, 5) is 16.6. The van der Waals surface area contributed by atoms with Crippen LogP contribution in [0.25, 0.3) is 10.9 Å². The number of pyridine rings is 1. The highest BCUT2D eigenvalue weighted by atomic mass is 19.4. The Morgan fingerprint density at radius 3 is 2.57 bits per heavy atom. The van der Waals surface area contributed by atoms with Gasteiger partial charge < -0.3 is 10.1 Å². The van der Waals surface area contributed by atoms with Gasteiger partial charge in [-0.05, 0) is 67.3 Å². The van der Waals surface area contributed by atoms with Crippen molar-refractivity contribution in [1.82, 2.24) is 10.3 Å². The van der Waals surface area contributed by atoms with E-state index in [1.54, 1.807) is 13.0 Å². The fraction of sp³-hybridized carbons (Fsp3) is 0.524. The van der Waals surface area contributed by atoms with E-state index >= 15 is 0 Å². The summed E-state index contributed by atoms with van der Waals surface area (Å²) in [6, 6.07) is 4.62. The second-order valence-electron chi connectivity index (χ2n) is 8.24. The van der Waals surface area contributed by atoms with Crippen LogP contribution in [0.5, 0.6) is 5.75 Å². The molecule has 2 aliphatic rings. The number of nitrogens with zero attached hydrogens (tertiary/aromatic N) is 1. The Morgan fingerprint density at radius 2 is 1.97 bits per heavy atom. The zero-order valence-electron chi connectivity index (χ0n) is 16.3. The Labute approximate surface area is 169 Å². The highest BCUT2D eigenvalue weighted by molar-refractivity contribution is 5.97. The van der Waals surface area contributed by atoms with Crippen molar-refractivity contribution in [3.63, 3.8) is 0 Å². The Bertz CT molecular complexity index is 986. The minimum atomic E-state index is -4.89. The molecule has 1 atom stereocenters. The molecule has 1 heterocycles. The molecule has 0 bridgehead atoms. The number of rotatable bonds is 5. The molecule has 4 rings (SSSR count). The number of hydrogen-bond donors (Lipinski definition) is 1. The first-order valence-corrected chi connectivity index (χ1v) is 9.88. The summed E-state index contributed by atoms with van der Waals surface area (Å²) in [5.74, 6) is -3.89. The summed E-state index contributed by atoms with van der Waals surface area (Å²) in [5, 5.41) is 3.07. The van der Waals surface area contributed by atoms with E-state index in [4.69, 9.17) is 0 Å². The number of ether oxygens (including phenoxy) is 1. The molecule has 4 nitrogen and oxygen atoms in total. The normalized spacial score (nSPS) is 21.1. The van der Waals surface area contributed by atoms with E-state index in [-0.39, 0.29) is 42.4 Å². The fourth-order valence-electron chi connectivity index (χ4n) is 4.00. The lowest BCUT2D eigenvalue weighted by Crippen LogP contribution is -2.29. The Morgan fingerprint density at radius 1 is 1.23 bits per heavy atom. The summed E-state index contributed by atoms with van der Waals surface area (Å²) >= 11 is 0. The Kier molecular flexibility index (Phi) is 5.10. The molecule has 1 amide bonds. The van der Waals surface area contributed by atoms with E-state index in [1.807, 2.05) is 0 Å². The van der Waals surface area contributed by atoms with Crippen molar-refractivity contribution in [2.24, 2.45) is 5.92 Å². The minimum absolute atomic E-state index is 0.0470. The molecule has 0 radical (unpaired) electrons. The standard InChI is InChI=1S/C21H21F5N2O2/c1-11-6-16(19(29)27-10-12-4-5-20(22,23)9-12)28-18-15(11)7-14(13-2-3-13)8-17(18)30-21(24,25)26/h6-8,12-13H,2-5,9-10H2,1H3,(H,27,29). The quantitative estimate of drug-likeness (QED) is 0.642. The van der Waals surface area contributed by atoms with Gasteiger partial charge in [-0.15, -0.1) is 13.2 Å². The predicted molar refractivity (Wildman–Crippen MR) is 99.8 cm³/mol. The highest BCUT2D eigenvalue weighted by Crippen LogP contribution is 2.44. The first kappa shape index (κ1) is 20.8. The van der Waals surface area contributed by atoms with Crippen LogP contribution in [0.1, 0.15) is 59.6 Å². The molecular formula is C21H21F5N2O2. The number of halogens is 5. The number of fused-ring (bicyclic) bond motifs is 1. The van der Waals surface area contributed by atoms with Gasteiger partial charge in [0.15, 0.2) is 5.75 Å². The maximum atomic E-state index is 13.3. The van der Waals surface area contributed by atoms with E-state index < -0.39 is 23.9 Å². The monoisotopic (exact) mass is 428 g/mol. The smallest absolute Gasteiger partial charge is 0.403 e. The van der Waals surface area contributed by atoms with Gasteiger partial charge in [0.05, 0.1) is 0 Å². The van der Waals surface area contributed by atoms with Crippen molar-refractivity contribution < 1.29 is 31.5 Å². The number of hydrogen-bond acceptors (Lipinski definition) is 3. The van der Waals surface area contributed by atoms with Gasteiger partial charge in [0, 0.05) is 24.8 Å². The third kappa shape index (κ3) is 4.65. The third-order valence-corrected chi connectivity index (χ3v) is 5.67. The zero-order chi connectivity index (χ0) is 21.7. The van der Waals surface area contributed by atoms with Gasteiger partial charge in [-0.2, -0.15) is 0 Å². The number of alkyl halides is 5. The Balaban J connectivity index is 1.62. The summed E-state index contributed by atoms with van der Waals surface area (Å²) in [5.41, 5.74) is 1.23. The largest absolute Gasteiger partial charge is 0.573 e. The molecule has 2 aliphatic carbocycles. The van der Waals surface area contributed by atoms with Crippen molar-refractivity contribution in [2.45, 2.75) is 57.2 Å². The van der Waals surface area contributed by atoms with Crippen LogP contribution in [0.15, 0.2) is 18.2 Å². The number of carbonyl (C=O) groups excluding carboxylic acids is 1. The third-order valence-electron chi connectivity index (χ3n) is 5.67. The van der Waals surface area contributed by atoms with Crippen LogP contribution >= 0.6 is 0 Å². The highest BCUT2D eigenvalue weighted by Gasteiger charge is 2.39. The van der Waals surface area contributed by atoms with Gasteiger partial charge in [-0.25, -0.2) is 13.8 Å². The van der Waals surface area contributed by atoms with Crippen LogP contribution in [0, 0.1) is 12.8 Å². The zero-order valence-corrected chi connectivity index (χ0v) is 16.3. The summed E-state index contributed by atoms with van der Waals surface area (Å²) in [6.07, 6.45) is -3.26. The van der Waals surface area contributed by atoms with Crippen LogP contribution in [0.4, 0.5) is 22.0 Å². The summed E-state index contributed by atoms with van der Waals surface area (Å²) < 4.78 is 69.7. The van der Waals surface area contributed by atoms with Gasteiger partial charge >= 0.3 is 6.36 Å². The molecule has 2 aromatic rings. The molecule has 2 fully saturated rings. The number of nitrogens with one attached hydrogen (secondary N) is 1. The molecule has 0 aliphatic heterocycles. The van der Waals surface area contributed by atoms with Crippen LogP contribution < -0.4 is 10.1 Å². The van der Waals surface area contributed by atoms with Crippen LogP contribution in [-0.2, 0) is 0 Å². The average molecular weight is 428 g/mol. The average Bonchev–Trinajstić information content (AvgIpc) is 3.42. The van der Waals surface area contributed by atoms with Gasteiger partial charge in [0.1, 0.15) is 11.2 Å². The molecule has 0 saturated heterocycles. The second kappa shape index (κ2) is 7.35. The fourth-order valence-corrected chi connectivity index (χ4v) is 4.00. The molecule has 2 saturated carbocycles. The molecule has 0 spiro atoms. The summed E-state index contributed by atoms with van der Waals surface area (Å²) in [6.45, 7) is 1.76. The Hall–Kier alpha value is -2.45. The maximum Gasteiger partial charge on any atom is 0.573 e. The lowest BCUT2D eigenvalue weighted by atomic mass is 10.0. The number of benzene rings is 1. The number of aromatic nitrogens is 1. The van der Waals surface area contributed by atoms with Crippen LogP contribution in [0.2, 0.25) is 0 Å². The molecule has 1 N–H and O–H groups in total. The minimum Gasteiger partial charge on any atom is -0.403 e. The van der Waals surface area contributed by atoms with Crippen LogP contribution in [0.3, 0.4) is 0 Å². The van der Waals surface area contributed by atoms with E-state index in [0.717, 1.165) is 18.4 Å². The molecule has 1 aromatic heterocycles. The van der Waals surface area contributed by atoms with Gasteiger partial charge in [-0.1, -0.05) is 0 Å². The molecular weight excluding hydrogens is 407 g/mol. The number of amides is 1. The van der Waals surface area contributed by atoms with Crippen molar-refractivity contribution in [3.05, 3.63) is 35.0 Å². The number of aryl methyl sites for hydroxylation is 1. The van der Waals surface area contributed by atoms with Crippen molar-refractivity contribution in [1.29, 1.82) is 0 Å². The second-order valence-corrected chi connectivity index (χ2v) is 8.24. The molecule has 1 aromatic carbocycles. The number of carbonyl (C=O) groups is 1. The first-order chi connectivity index (χ1) is 14.0. The van der Waals surface area contributed by atoms with Crippen molar-refractivity contribution >= 4 is 16.8 Å². The molecule has 9 heteroatoms. The SMILES string of the molecule is Cc1cc(C(=O)NCC2CCC(F)(F)C2)nc2c(OC(F)(F)F)cc(C3CC3)cc12. The lowest BCUT2D eigenvalue weighted by molar-refractivity contribution is -0.274. The van der Waals surface area contributed by atoms with Gasteiger partial charge in [0.2, 0.25) is 5.92 Å². The van der Waals surface area contributed by atoms with Crippen LogP contribution in [-0.4, -0.2) is 29.7 Å². The summed E-state index contributed by atoms with van der Waals surface area (Å²) in [7, 11) is 0. The van der Waals surface area contributed by atoms with E-state index in [0.29, 0.717) is 17.4 Å². The van der Waals surface area contributed by atoms with E-state index in [9.17, 15) is 26.7 Å². The van der Waals surface area contributed by atoms with Gasteiger partial charge in [-0.3, -0.25) is 4.79 Å². The topological polar surface area (TPSA) is 51.2 Å². The predicted octanol–water partition coefficient (Wildman–Crippen LogP) is 5.48. The molecule has 162 valence electrons. The molecule has 1 unspecified atom stereocenters. The maximum absolute atomic E-state index is 13.3. The van der Waals surface area contributed by atoms with E-state index in [1.165, 1.54) is 12.1 Å². The van der Waals surface area contributed by atoms with Crippen molar-refractivity contribution in [2.75, 3.05) is 6.54 Å². The first-order valence-electron chi connectivity index (χ1n) is 9.88. The van der Waals surface area contributed by atoms with Crippen molar-refractivity contribution in [3.8, 4) is 5.75 Å². The van der Waals surface area contributed by atoms with E-state index in [2.05, 4.69) is 15.0 Å². The molecule has 30 heavy (non-hydrogen) atoms. The lowest BCUT2D eigenvalue weighted by Gasteiger charge is -2.16. The van der Waals surface area contributed by atoms with Gasteiger partial charge in [0.25, 0.3) is 5.91 Å².